The van der Waals surface area contributed by atoms with Gasteiger partial charge in [-0.3, -0.25) is 9.48 Å². The van der Waals surface area contributed by atoms with Gasteiger partial charge in [0.25, 0.3) is 0 Å². The summed E-state index contributed by atoms with van der Waals surface area (Å²) in [6, 6.07) is 6.31. The maximum absolute atomic E-state index is 12.0. The van der Waals surface area contributed by atoms with Crippen LogP contribution in [0.15, 0.2) is 30.6 Å². The van der Waals surface area contributed by atoms with Gasteiger partial charge in [0, 0.05) is 48.4 Å². The minimum absolute atomic E-state index is 0.216. The molecule has 0 aliphatic heterocycles. The van der Waals surface area contributed by atoms with Gasteiger partial charge in [-0.25, -0.2) is 4.98 Å². The summed E-state index contributed by atoms with van der Waals surface area (Å²) in [6.07, 6.45) is 13.1. The second-order valence-corrected chi connectivity index (χ2v) is 10.1. The zero-order valence-corrected chi connectivity index (χ0v) is 19.6. The van der Waals surface area contributed by atoms with Gasteiger partial charge in [0.15, 0.2) is 0 Å². The molecule has 3 aliphatic carbocycles. The molecule has 3 aromatic rings. The van der Waals surface area contributed by atoms with E-state index in [-0.39, 0.29) is 11.8 Å². The molecule has 0 saturated heterocycles. The van der Waals surface area contributed by atoms with E-state index >= 15 is 0 Å². The minimum atomic E-state index is 0.216. The third-order valence-electron chi connectivity index (χ3n) is 7.28. The summed E-state index contributed by atoms with van der Waals surface area (Å²) in [4.78, 5) is 21.4. The number of hydrogen-bond donors (Lipinski definition) is 3. The average molecular weight is 460 g/mol. The Morgan fingerprint density at radius 1 is 1.06 bits per heavy atom. The van der Waals surface area contributed by atoms with Crippen LogP contribution in [0.1, 0.15) is 62.8 Å². The van der Waals surface area contributed by atoms with E-state index in [0.29, 0.717) is 18.4 Å². The fraction of sp³-hybridized carbons (Fsp3) is 0.538. The SMILES string of the molecule is O=C(NCCCNc1nc(Nc2ccc3c(cnn3CC3CC3)c2)ncc1C1CC1)C1CCC1. The molecule has 3 aliphatic rings. The van der Waals surface area contributed by atoms with Crippen LogP contribution in [0.4, 0.5) is 17.5 Å². The number of rotatable bonds is 11. The number of nitrogens with zero attached hydrogens (tertiary/aromatic N) is 4. The normalized spacial score (nSPS) is 18.0. The van der Waals surface area contributed by atoms with E-state index in [4.69, 9.17) is 4.98 Å². The van der Waals surface area contributed by atoms with E-state index in [1.807, 2.05) is 12.4 Å². The number of benzene rings is 1. The van der Waals surface area contributed by atoms with Crippen LogP contribution in [0, 0.1) is 11.8 Å². The number of hydrogen-bond acceptors (Lipinski definition) is 6. The van der Waals surface area contributed by atoms with Crippen molar-refractivity contribution in [2.45, 2.75) is 63.8 Å². The molecule has 0 unspecified atom stereocenters. The average Bonchev–Trinajstić information content (AvgIpc) is 3.72. The van der Waals surface area contributed by atoms with Crippen molar-refractivity contribution in [3.05, 3.63) is 36.2 Å². The van der Waals surface area contributed by atoms with Crippen LogP contribution in [0.25, 0.3) is 10.9 Å². The van der Waals surface area contributed by atoms with Crippen LogP contribution in [-0.2, 0) is 11.3 Å². The van der Waals surface area contributed by atoms with Gasteiger partial charge in [-0.2, -0.15) is 10.1 Å². The summed E-state index contributed by atoms with van der Waals surface area (Å²) in [5.41, 5.74) is 3.33. The van der Waals surface area contributed by atoms with E-state index < -0.39 is 0 Å². The molecule has 2 heterocycles. The van der Waals surface area contributed by atoms with Crippen LogP contribution in [-0.4, -0.2) is 38.7 Å². The fourth-order valence-corrected chi connectivity index (χ4v) is 4.59. The second kappa shape index (κ2) is 9.24. The quantitative estimate of drug-likeness (QED) is 0.363. The molecule has 0 atom stereocenters. The largest absolute Gasteiger partial charge is 0.370 e. The number of carbonyl (C=O) groups is 1. The molecule has 3 saturated carbocycles. The first kappa shape index (κ1) is 21.4. The Morgan fingerprint density at radius 3 is 2.71 bits per heavy atom. The first-order valence-electron chi connectivity index (χ1n) is 12.8. The van der Waals surface area contributed by atoms with Gasteiger partial charge < -0.3 is 16.0 Å². The molecule has 1 aromatic carbocycles. The summed E-state index contributed by atoms with van der Waals surface area (Å²) in [6.45, 7) is 2.49. The van der Waals surface area contributed by atoms with Gasteiger partial charge >= 0.3 is 0 Å². The topological polar surface area (TPSA) is 96.8 Å². The standard InChI is InChI=1S/C26H33N7O/c34-25(19-3-1-4-19)28-12-2-11-27-24-22(18-7-8-18)15-29-26(32-24)31-21-9-10-23-20(13-21)14-30-33(23)16-17-5-6-17/h9-10,13-15,17-19H,1-8,11-12,16H2,(H,28,34)(H2,27,29,31,32). The molecule has 178 valence electrons. The maximum Gasteiger partial charge on any atom is 0.229 e. The number of carbonyl (C=O) groups excluding carboxylic acids is 1. The molecule has 8 heteroatoms. The number of nitrogens with one attached hydrogen (secondary N) is 3. The predicted molar refractivity (Wildman–Crippen MR) is 133 cm³/mol. The van der Waals surface area contributed by atoms with Gasteiger partial charge in [0.05, 0.1) is 11.7 Å². The van der Waals surface area contributed by atoms with Crippen molar-refractivity contribution in [2.75, 3.05) is 23.7 Å². The zero-order valence-electron chi connectivity index (χ0n) is 19.6. The van der Waals surface area contributed by atoms with Crippen LogP contribution < -0.4 is 16.0 Å². The number of aromatic nitrogens is 4. The molecular formula is C26H33N7O. The highest BCUT2D eigenvalue weighted by Crippen LogP contribution is 2.43. The van der Waals surface area contributed by atoms with Crippen molar-refractivity contribution in [3.8, 4) is 0 Å². The second-order valence-electron chi connectivity index (χ2n) is 10.1. The van der Waals surface area contributed by atoms with E-state index in [0.717, 1.165) is 55.2 Å². The highest BCUT2D eigenvalue weighted by molar-refractivity contribution is 5.83. The Kier molecular flexibility index (Phi) is 5.81. The van der Waals surface area contributed by atoms with E-state index in [1.54, 1.807) is 0 Å². The smallest absolute Gasteiger partial charge is 0.229 e. The molecule has 34 heavy (non-hydrogen) atoms. The van der Waals surface area contributed by atoms with E-state index in [9.17, 15) is 4.79 Å². The van der Waals surface area contributed by atoms with Crippen molar-refractivity contribution in [2.24, 2.45) is 11.8 Å². The lowest BCUT2D eigenvalue weighted by Gasteiger charge is -2.24. The molecule has 0 bridgehead atoms. The van der Waals surface area contributed by atoms with Gasteiger partial charge in [0.1, 0.15) is 5.82 Å². The Hall–Kier alpha value is -3.16. The monoisotopic (exact) mass is 459 g/mol. The highest BCUT2D eigenvalue weighted by Gasteiger charge is 2.28. The number of anilines is 3. The Balaban J connectivity index is 1.08. The molecule has 2 aromatic heterocycles. The van der Waals surface area contributed by atoms with Gasteiger partial charge in [-0.1, -0.05) is 6.42 Å². The van der Waals surface area contributed by atoms with Crippen molar-refractivity contribution >= 4 is 34.3 Å². The lowest BCUT2D eigenvalue weighted by Crippen LogP contribution is -2.35. The van der Waals surface area contributed by atoms with Crippen molar-refractivity contribution in [1.29, 1.82) is 0 Å². The molecule has 0 radical (unpaired) electrons. The fourth-order valence-electron chi connectivity index (χ4n) is 4.59. The van der Waals surface area contributed by atoms with Gasteiger partial charge in [0.2, 0.25) is 11.9 Å². The highest BCUT2D eigenvalue weighted by atomic mass is 16.1. The Morgan fingerprint density at radius 2 is 1.94 bits per heavy atom. The summed E-state index contributed by atoms with van der Waals surface area (Å²) in [5.74, 6) is 3.32. The minimum Gasteiger partial charge on any atom is -0.370 e. The summed E-state index contributed by atoms with van der Waals surface area (Å²) in [7, 11) is 0. The third-order valence-corrected chi connectivity index (χ3v) is 7.28. The summed E-state index contributed by atoms with van der Waals surface area (Å²) in [5, 5.41) is 15.6. The van der Waals surface area contributed by atoms with Crippen LogP contribution in [0.3, 0.4) is 0 Å². The lowest BCUT2D eigenvalue weighted by atomic mass is 9.85. The molecule has 6 rings (SSSR count). The summed E-state index contributed by atoms with van der Waals surface area (Å²) >= 11 is 0. The zero-order chi connectivity index (χ0) is 22.9. The van der Waals surface area contributed by atoms with Crippen molar-refractivity contribution in [1.82, 2.24) is 25.1 Å². The van der Waals surface area contributed by atoms with E-state index in [1.165, 1.54) is 43.2 Å². The van der Waals surface area contributed by atoms with Crippen molar-refractivity contribution in [3.63, 3.8) is 0 Å². The molecule has 3 N–H and O–H groups in total. The van der Waals surface area contributed by atoms with Crippen LogP contribution in [0.2, 0.25) is 0 Å². The Bertz CT molecular complexity index is 1180. The first-order valence-corrected chi connectivity index (χ1v) is 12.8. The summed E-state index contributed by atoms with van der Waals surface area (Å²) < 4.78 is 2.12. The lowest BCUT2D eigenvalue weighted by molar-refractivity contribution is -0.127. The molecule has 3 fully saturated rings. The molecular weight excluding hydrogens is 426 g/mol. The molecule has 1 amide bonds. The number of amides is 1. The maximum atomic E-state index is 12.0. The first-order chi connectivity index (χ1) is 16.7. The predicted octanol–water partition coefficient (Wildman–Crippen LogP) is 4.58. The van der Waals surface area contributed by atoms with Gasteiger partial charge in [-0.15, -0.1) is 0 Å². The third kappa shape index (κ3) is 4.86. The molecule has 0 spiro atoms. The Labute approximate surface area is 199 Å². The molecule has 8 nitrogen and oxygen atoms in total. The van der Waals surface area contributed by atoms with Crippen LogP contribution >= 0.6 is 0 Å². The van der Waals surface area contributed by atoms with Gasteiger partial charge in [-0.05, 0) is 75.0 Å². The number of fused-ring (bicyclic) bond motifs is 1. The van der Waals surface area contributed by atoms with E-state index in [2.05, 4.69) is 48.9 Å². The van der Waals surface area contributed by atoms with Crippen molar-refractivity contribution < 1.29 is 4.79 Å². The van der Waals surface area contributed by atoms with Crippen LogP contribution in [0.5, 0.6) is 0 Å².